The molecule has 0 saturated carbocycles. The summed E-state index contributed by atoms with van der Waals surface area (Å²) >= 11 is 0. The number of aliphatic hydroxyl groups is 1. The molecule has 190 valence electrons. The van der Waals surface area contributed by atoms with E-state index in [0.717, 1.165) is 29.3 Å². The molecule has 0 bridgehead atoms. The highest BCUT2D eigenvalue weighted by atomic mass is 19.4. The van der Waals surface area contributed by atoms with Gasteiger partial charge in [-0.1, -0.05) is 45.1 Å². The lowest BCUT2D eigenvalue weighted by Crippen LogP contribution is -2.32. The highest BCUT2D eigenvalue weighted by Gasteiger charge is 2.38. The first-order valence-corrected chi connectivity index (χ1v) is 11.9. The molecule has 0 amide bonds. The number of alkyl halides is 3. The van der Waals surface area contributed by atoms with E-state index in [9.17, 15) is 18.3 Å². The number of nitrogens with one attached hydrogen (secondary N) is 3. The Hall–Kier alpha value is -2.74. The van der Waals surface area contributed by atoms with Crippen LogP contribution in [0.25, 0.3) is 0 Å². The number of rotatable bonds is 5. The van der Waals surface area contributed by atoms with Crippen molar-refractivity contribution in [1.29, 1.82) is 0 Å². The number of halogens is 3. The predicted molar refractivity (Wildman–Crippen MR) is 136 cm³/mol. The second-order valence-corrected chi connectivity index (χ2v) is 7.73. The summed E-state index contributed by atoms with van der Waals surface area (Å²) in [6.07, 6.45) is 11.6. The maximum absolute atomic E-state index is 12.9. The Morgan fingerprint density at radius 3 is 2.53 bits per heavy atom. The molecule has 0 aromatic heterocycles. The molecule has 2 aliphatic heterocycles. The van der Waals surface area contributed by atoms with Gasteiger partial charge in [0.15, 0.2) is 0 Å². The highest BCUT2D eigenvalue weighted by Crippen LogP contribution is 2.30. The van der Waals surface area contributed by atoms with Gasteiger partial charge >= 0.3 is 6.18 Å². The Bertz CT molecular complexity index is 856. The SMILES string of the molecule is CC.CC1CCCN1.C\C=C/N=C1\C=C(CNC2=CNCC(C(F)(F)F)=C2O)C=C\C1=C/CC. The smallest absolute Gasteiger partial charge is 0.418 e. The van der Waals surface area contributed by atoms with Crippen LogP contribution in [-0.4, -0.2) is 42.7 Å². The number of hydrogen-bond acceptors (Lipinski definition) is 5. The van der Waals surface area contributed by atoms with E-state index < -0.39 is 24.1 Å². The monoisotopic (exact) mass is 480 g/mol. The molecule has 5 nitrogen and oxygen atoms in total. The summed E-state index contributed by atoms with van der Waals surface area (Å²) in [5, 5.41) is 18.6. The van der Waals surface area contributed by atoms with E-state index in [4.69, 9.17) is 0 Å². The molecule has 1 saturated heterocycles. The van der Waals surface area contributed by atoms with Gasteiger partial charge in [0.05, 0.1) is 17.0 Å². The molecule has 1 unspecified atom stereocenters. The Balaban J connectivity index is 0.000000615. The Morgan fingerprint density at radius 2 is 2.00 bits per heavy atom. The summed E-state index contributed by atoms with van der Waals surface area (Å²) in [6.45, 7) is 11.2. The van der Waals surface area contributed by atoms with Crippen LogP contribution in [-0.2, 0) is 0 Å². The van der Waals surface area contributed by atoms with Crippen molar-refractivity contribution >= 4 is 5.71 Å². The van der Waals surface area contributed by atoms with Crippen LogP contribution in [0.3, 0.4) is 0 Å². The molecule has 8 heteroatoms. The Morgan fingerprint density at radius 1 is 1.26 bits per heavy atom. The summed E-state index contributed by atoms with van der Waals surface area (Å²) in [7, 11) is 0. The van der Waals surface area contributed by atoms with Gasteiger partial charge in [-0.25, -0.2) is 0 Å². The van der Waals surface area contributed by atoms with E-state index in [1.54, 1.807) is 6.20 Å². The molecular weight excluding hydrogens is 441 g/mol. The fourth-order valence-electron chi connectivity index (χ4n) is 3.35. The molecule has 3 rings (SSSR count). The number of hydrogen-bond donors (Lipinski definition) is 4. The molecule has 1 aliphatic carbocycles. The zero-order valence-electron chi connectivity index (χ0n) is 20.9. The minimum Gasteiger partial charge on any atom is -0.505 e. The summed E-state index contributed by atoms with van der Waals surface area (Å²) in [5.41, 5.74) is 1.65. The zero-order valence-corrected chi connectivity index (χ0v) is 20.9. The summed E-state index contributed by atoms with van der Waals surface area (Å²) in [6, 6.07) is 0.796. The van der Waals surface area contributed by atoms with Gasteiger partial charge in [-0.05, 0) is 56.9 Å². The lowest BCUT2D eigenvalue weighted by atomic mass is 9.99. The lowest BCUT2D eigenvalue weighted by Gasteiger charge is -2.22. The Kier molecular flexibility index (Phi) is 13.1. The van der Waals surface area contributed by atoms with Crippen LogP contribution in [0.1, 0.15) is 53.9 Å². The zero-order chi connectivity index (χ0) is 25.6. The fraction of sp³-hybridized carbons (Fsp3) is 0.500. The topological polar surface area (TPSA) is 68.7 Å². The highest BCUT2D eigenvalue weighted by molar-refractivity contribution is 6.12. The van der Waals surface area contributed by atoms with Gasteiger partial charge in [0.2, 0.25) is 0 Å². The summed E-state index contributed by atoms with van der Waals surface area (Å²) in [4.78, 5) is 4.38. The molecule has 4 N–H and O–H groups in total. The standard InChI is InChI=1S/C19H22F3N3O.C5H11N.C2H6/c1-3-5-14-7-6-13(9-16(14)24-8-4-2)10-25-17-12-23-11-15(18(17)26)19(20,21)22;1-5-3-2-4-6-5;1-2/h4-9,12,23,25-26H,3,10-11H2,1-2H3;5-6H,2-4H2,1H3;1-2H3/b8-4-,14-5+,24-16+;;. The van der Waals surface area contributed by atoms with E-state index in [-0.39, 0.29) is 12.2 Å². The Labute approximate surface area is 202 Å². The molecule has 34 heavy (non-hydrogen) atoms. The van der Waals surface area contributed by atoms with Crippen molar-refractivity contribution < 1.29 is 18.3 Å². The molecule has 0 aromatic rings. The van der Waals surface area contributed by atoms with E-state index >= 15 is 0 Å². The largest absolute Gasteiger partial charge is 0.505 e. The number of dihydropyridines is 1. The van der Waals surface area contributed by atoms with Crippen LogP contribution in [0.2, 0.25) is 0 Å². The lowest BCUT2D eigenvalue weighted by molar-refractivity contribution is -0.0956. The van der Waals surface area contributed by atoms with E-state index in [0.29, 0.717) is 0 Å². The molecule has 1 fully saturated rings. The van der Waals surface area contributed by atoms with Crippen molar-refractivity contribution in [2.75, 3.05) is 19.6 Å². The molecule has 0 spiro atoms. The maximum Gasteiger partial charge on any atom is 0.418 e. The molecule has 0 radical (unpaired) electrons. The maximum atomic E-state index is 12.9. The third-order valence-corrected chi connectivity index (χ3v) is 5.08. The van der Waals surface area contributed by atoms with Crippen molar-refractivity contribution in [2.24, 2.45) is 4.99 Å². The van der Waals surface area contributed by atoms with Crippen LogP contribution in [0, 0.1) is 0 Å². The number of allylic oxidation sites excluding steroid dienone is 5. The third kappa shape index (κ3) is 9.63. The first-order chi connectivity index (χ1) is 16.3. The second-order valence-electron chi connectivity index (χ2n) is 7.73. The van der Waals surface area contributed by atoms with Crippen molar-refractivity contribution in [1.82, 2.24) is 16.0 Å². The van der Waals surface area contributed by atoms with E-state index in [1.165, 1.54) is 25.6 Å². The van der Waals surface area contributed by atoms with Gasteiger partial charge in [-0.3, -0.25) is 4.99 Å². The molecule has 0 aromatic carbocycles. The summed E-state index contributed by atoms with van der Waals surface area (Å²) < 4.78 is 38.6. The van der Waals surface area contributed by atoms with Crippen molar-refractivity contribution in [3.05, 3.63) is 71.0 Å². The fourth-order valence-corrected chi connectivity index (χ4v) is 3.35. The summed E-state index contributed by atoms with van der Waals surface area (Å²) in [5.74, 6) is -0.772. The third-order valence-electron chi connectivity index (χ3n) is 5.08. The number of aliphatic hydroxyl groups excluding tert-OH is 1. The molecule has 3 aliphatic rings. The van der Waals surface area contributed by atoms with Crippen molar-refractivity contribution in [3.63, 3.8) is 0 Å². The van der Waals surface area contributed by atoms with Gasteiger partial charge in [0.25, 0.3) is 0 Å². The minimum atomic E-state index is -4.57. The van der Waals surface area contributed by atoms with Crippen LogP contribution in [0.15, 0.2) is 75.9 Å². The van der Waals surface area contributed by atoms with Gasteiger partial charge in [-0.15, -0.1) is 0 Å². The van der Waals surface area contributed by atoms with Gasteiger partial charge < -0.3 is 21.1 Å². The second kappa shape index (κ2) is 15.2. The molecule has 1 atom stereocenters. The molecular formula is C26H39F3N4O. The van der Waals surface area contributed by atoms with Crippen molar-refractivity contribution in [3.8, 4) is 0 Å². The first-order valence-electron chi connectivity index (χ1n) is 11.9. The quantitative estimate of drug-likeness (QED) is 0.390. The van der Waals surface area contributed by atoms with Gasteiger partial charge in [0, 0.05) is 31.5 Å². The van der Waals surface area contributed by atoms with Crippen molar-refractivity contribution in [2.45, 2.75) is 66.1 Å². The number of aliphatic imine (C=N–C) groups is 1. The average Bonchev–Trinajstić information content (AvgIpc) is 3.30. The van der Waals surface area contributed by atoms with Crippen LogP contribution < -0.4 is 16.0 Å². The predicted octanol–water partition coefficient (Wildman–Crippen LogP) is 5.99. The average molecular weight is 481 g/mol. The molecule has 2 heterocycles. The van der Waals surface area contributed by atoms with Gasteiger partial charge in [-0.2, -0.15) is 13.2 Å². The normalized spacial score (nSPS) is 22.5. The first kappa shape index (κ1) is 29.3. The van der Waals surface area contributed by atoms with E-state index in [2.05, 4.69) is 33.9 Å². The van der Waals surface area contributed by atoms with Crippen LogP contribution in [0.5, 0.6) is 0 Å². The van der Waals surface area contributed by atoms with Crippen LogP contribution in [0.4, 0.5) is 13.2 Å². The van der Waals surface area contributed by atoms with Crippen LogP contribution >= 0.6 is 0 Å². The van der Waals surface area contributed by atoms with Gasteiger partial charge in [0.1, 0.15) is 5.76 Å². The minimum absolute atomic E-state index is 0.0136. The van der Waals surface area contributed by atoms with E-state index in [1.807, 2.05) is 52.0 Å². The number of nitrogens with zero attached hydrogens (tertiary/aromatic N) is 1.